The van der Waals surface area contributed by atoms with Crippen LogP contribution in [0.4, 0.5) is 0 Å². The Hall–Kier alpha value is -3.15. The molecule has 0 fully saturated rings. The van der Waals surface area contributed by atoms with Crippen LogP contribution in [-0.2, 0) is 28.6 Å². The molecule has 0 bridgehead atoms. The largest absolute Gasteiger partial charge is 0.462 e. The molecule has 0 heterocycles. The summed E-state index contributed by atoms with van der Waals surface area (Å²) in [6, 6.07) is 0. The van der Waals surface area contributed by atoms with Gasteiger partial charge in [0.1, 0.15) is 13.2 Å². The van der Waals surface area contributed by atoms with Crippen molar-refractivity contribution in [3.8, 4) is 0 Å². The molecule has 0 aromatic heterocycles. The van der Waals surface area contributed by atoms with Gasteiger partial charge < -0.3 is 14.2 Å². The maximum absolute atomic E-state index is 12.8. The van der Waals surface area contributed by atoms with Crippen molar-refractivity contribution < 1.29 is 28.6 Å². The molecule has 0 radical (unpaired) electrons. The van der Waals surface area contributed by atoms with Crippen LogP contribution in [-0.4, -0.2) is 37.2 Å². The van der Waals surface area contributed by atoms with E-state index in [0.717, 1.165) is 103 Å². The fraction of sp³-hybridized carbons (Fsp3) is 0.773. The molecule has 6 nitrogen and oxygen atoms in total. The molecule has 72 heavy (non-hydrogen) atoms. The molecule has 0 saturated carbocycles. The van der Waals surface area contributed by atoms with E-state index in [1.54, 1.807) is 0 Å². The Labute approximate surface area is 446 Å². The van der Waals surface area contributed by atoms with Crippen LogP contribution in [0.2, 0.25) is 0 Å². The third-order valence-corrected chi connectivity index (χ3v) is 13.4. The average molecular weight is 1010 g/mol. The standard InChI is InChI=1S/C66H116O6/c1-4-7-10-13-16-19-22-25-26-27-28-29-30-31-32-33-34-35-36-37-38-39-40-42-44-47-50-53-56-59-65(68)71-62-63(61-70-64(67)58-55-52-49-46-43-24-21-18-15-12-9-6-3)72-66(69)60-57-54-51-48-45-41-23-20-17-14-11-8-5-2/h7,10,16,19-20,23,25-26,28-29,31-32,63H,4-6,8-9,11-15,17-18,21-22,24,27,30,33-62H2,1-3H3/b10-7-,19-16-,23-20-,26-25-,29-28-,32-31-. The number of ether oxygens (including phenoxy) is 3. The lowest BCUT2D eigenvalue weighted by Gasteiger charge is -2.18. The lowest BCUT2D eigenvalue weighted by molar-refractivity contribution is -0.167. The Balaban J connectivity index is 4.18. The minimum absolute atomic E-state index is 0.0747. The molecule has 0 aliphatic heterocycles. The molecular formula is C66H116O6. The number of carbonyl (C=O) groups is 3. The zero-order chi connectivity index (χ0) is 52.2. The van der Waals surface area contributed by atoms with E-state index in [2.05, 4.69) is 93.7 Å². The molecule has 0 aliphatic carbocycles. The highest BCUT2D eigenvalue weighted by Crippen LogP contribution is 2.16. The van der Waals surface area contributed by atoms with Gasteiger partial charge in [0.25, 0.3) is 0 Å². The zero-order valence-electron chi connectivity index (χ0n) is 47.7. The van der Waals surface area contributed by atoms with E-state index in [4.69, 9.17) is 14.2 Å². The van der Waals surface area contributed by atoms with Gasteiger partial charge in [0, 0.05) is 19.3 Å². The van der Waals surface area contributed by atoms with Gasteiger partial charge in [-0.2, -0.15) is 0 Å². The van der Waals surface area contributed by atoms with Crippen LogP contribution in [0, 0.1) is 0 Å². The first-order chi connectivity index (χ1) is 35.5. The van der Waals surface area contributed by atoms with Gasteiger partial charge in [-0.15, -0.1) is 0 Å². The van der Waals surface area contributed by atoms with Crippen LogP contribution in [0.3, 0.4) is 0 Å². The average Bonchev–Trinajstić information content (AvgIpc) is 3.38. The molecule has 0 aromatic carbocycles. The van der Waals surface area contributed by atoms with Gasteiger partial charge in [-0.1, -0.05) is 273 Å². The van der Waals surface area contributed by atoms with Crippen molar-refractivity contribution in [2.45, 2.75) is 316 Å². The van der Waals surface area contributed by atoms with Gasteiger partial charge >= 0.3 is 17.9 Å². The van der Waals surface area contributed by atoms with E-state index < -0.39 is 6.10 Å². The predicted molar refractivity (Wildman–Crippen MR) is 311 cm³/mol. The highest BCUT2D eigenvalue weighted by atomic mass is 16.6. The Bertz CT molecular complexity index is 1340. The molecule has 1 unspecified atom stereocenters. The summed E-state index contributed by atoms with van der Waals surface area (Å²) in [5.74, 6) is -0.873. The summed E-state index contributed by atoms with van der Waals surface area (Å²) in [5, 5.41) is 0. The Morgan fingerprint density at radius 2 is 0.542 bits per heavy atom. The van der Waals surface area contributed by atoms with Crippen molar-refractivity contribution in [1.29, 1.82) is 0 Å². The van der Waals surface area contributed by atoms with Gasteiger partial charge in [-0.25, -0.2) is 0 Å². The molecule has 416 valence electrons. The van der Waals surface area contributed by atoms with Crippen LogP contribution < -0.4 is 0 Å². The number of hydrogen-bond acceptors (Lipinski definition) is 6. The summed E-state index contributed by atoms with van der Waals surface area (Å²) in [4.78, 5) is 38.1. The van der Waals surface area contributed by atoms with Gasteiger partial charge in [-0.3, -0.25) is 14.4 Å². The summed E-state index contributed by atoms with van der Waals surface area (Å²) >= 11 is 0. The SMILES string of the molecule is CC/C=C\C/C=C\C/C=C\C/C=C\C/C=C\CCCCCCCCCCCCCCCC(=O)OCC(COC(=O)CCCCCCCCCCCCCC)OC(=O)CCCCCCC/C=C\CCCCCC. The summed E-state index contributed by atoms with van der Waals surface area (Å²) in [5.41, 5.74) is 0. The highest BCUT2D eigenvalue weighted by Gasteiger charge is 2.19. The van der Waals surface area contributed by atoms with Crippen LogP contribution >= 0.6 is 0 Å². The molecule has 0 saturated heterocycles. The Morgan fingerprint density at radius 3 is 0.875 bits per heavy atom. The van der Waals surface area contributed by atoms with Gasteiger partial charge in [0.15, 0.2) is 6.10 Å². The van der Waals surface area contributed by atoms with E-state index in [1.165, 1.54) is 167 Å². The van der Waals surface area contributed by atoms with Gasteiger partial charge in [0.05, 0.1) is 0 Å². The van der Waals surface area contributed by atoms with E-state index in [0.29, 0.717) is 19.3 Å². The van der Waals surface area contributed by atoms with Crippen LogP contribution in [0.15, 0.2) is 72.9 Å². The van der Waals surface area contributed by atoms with Crippen molar-refractivity contribution >= 4 is 17.9 Å². The van der Waals surface area contributed by atoms with Crippen LogP contribution in [0.5, 0.6) is 0 Å². The number of hydrogen-bond donors (Lipinski definition) is 0. The summed E-state index contributed by atoms with van der Waals surface area (Å²) in [6.45, 7) is 6.53. The van der Waals surface area contributed by atoms with E-state index in [-0.39, 0.29) is 31.1 Å². The van der Waals surface area contributed by atoms with Crippen LogP contribution in [0.25, 0.3) is 0 Å². The first kappa shape index (κ1) is 68.8. The summed E-state index contributed by atoms with van der Waals surface area (Å²) in [6.07, 6.45) is 77.7. The molecule has 6 heteroatoms. The molecule has 0 aromatic rings. The molecule has 0 aliphatic rings. The number of rotatable bonds is 56. The van der Waals surface area contributed by atoms with Crippen molar-refractivity contribution in [3.05, 3.63) is 72.9 Å². The molecule has 1 atom stereocenters. The Morgan fingerprint density at radius 1 is 0.292 bits per heavy atom. The molecule has 0 amide bonds. The minimum Gasteiger partial charge on any atom is -0.462 e. The topological polar surface area (TPSA) is 78.9 Å². The highest BCUT2D eigenvalue weighted by molar-refractivity contribution is 5.71. The third-order valence-electron chi connectivity index (χ3n) is 13.4. The smallest absolute Gasteiger partial charge is 0.306 e. The third kappa shape index (κ3) is 57.7. The fourth-order valence-corrected chi connectivity index (χ4v) is 8.82. The molecular weight excluding hydrogens is 889 g/mol. The number of carbonyl (C=O) groups excluding carboxylic acids is 3. The van der Waals surface area contributed by atoms with Crippen molar-refractivity contribution in [3.63, 3.8) is 0 Å². The summed E-state index contributed by atoms with van der Waals surface area (Å²) < 4.78 is 16.9. The zero-order valence-corrected chi connectivity index (χ0v) is 47.7. The first-order valence-corrected chi connectivity index (χ1v) is 30.9. The fourth-order valence-electron chi connectivity index (χ4n) is 8.82. The second kappa shape index (κ2) is 60.4. The first-order valence-electron chi connectivity index (χ1n) is 30.9. The van der Waals surface area contributed by atoms with E-state index in [1.807, 2.05) is 0 Å². The van der Waals surface area contributed by atoms with E-state index in [9.17, 15) is 14.4 Å². The van der Waals surface area contributed by atoms with Gasteiger partial charge in [0.2, 0.25) is 0 Å². The predicted octanol–water partition coefficient (Wildman–Crippen LogP) is 20.9. The van der Waals surface area contributed by atoms with Crippen LogP contribution in [0.1, 0.15) is 310 Å². The number of esters is 3. The lowest BCUT2D eigenvalue weighted by Crippen LogP contribution is -2.30. The van der Waals surface area contributed by atoms with Gasteiger partial charge in [-0.05, 0) is 89.9 Å². The number of allylic oxidation sites excluding steroid dienone is 12. The quantitative estimate of drug-likeness (QED) is 0.0261. The maximum atomic E-state index is 12.8. The van der Waals surface area contributed by atoms with Crippen molar-refractivity contribution in [1.82, 2.24) is 0 Å². The van der Waals surface area contributed by atoms with Crippen molar-refractivity contribution in [2.24, 2.45) is 0 Å². The normalized spacial score (nSPS) is 12.5. The summed E-state index contributed by atoms with van der Waals surface area (Å²) in [7, 11) is 0. The second-order valence-corrected chi connectivity index (χ2v) is 20.6. The van der Waals surface area contributed by atoms with Crippen molar-refractivity contribution in [2.75, 3.05) is 13.2 Å². The second-order valence-electron chi connectivity index (χ2n) is 20.6. The molecule has 0 rings (SSSR count). The maximum Gasteiger partial charge on any atom is 0.306 e. The minimum atomic E-state index is -0.777. The lowest BCUT2D eigenvalue weighted by atomic mass is 10.0. The van der Waals surface area contributed by atoms with E-state index >= 15 is 0 Å². The number of unbranched alkanes of at least 4 members (excludes halogenated alkanes) is 33. The monoisotopic (exact) mass is 1000 g/mol. The Kier molecular flexibility index (Phi) is 57.8. The molecule has 0 spiro atoms. The molecule has 0 N–H and O–H groups in total.